The molecule has 3 heteroatoms. The van der Waals surface area contributed by atoms with Crippen molar-refractivity contribution >= 4 is 17.3 Å². The van der Waals surface area contributed by atoms with Gasteiger partial charge in [-0.1, -0.05) is 17.7 Å². The van der Waals surface area contributed by atoms with Gasteiger partial charge >= 0.3 is 0 Å². The summed E-state index contributed by atoms with van der Waals surface area (Å²) < 4.78 is 0. The molecule has 86 valence electrons. The van der Waals surface area contributed by atoms with Crippen LogP contribution < -0.4 is 10.2 Å². The van der Waals surface area contributed by atoms with Crippen LogP contribution in [-0.4, -0.2) is 26.2 Å². The molecule has 0 bridgehead atoms. The highest BCUT2D eigenvalue weighted by Gasteiger charge is 2.40. The summed E-state index contributed by atoms with van der Waals surface area (Å²) in [5.74, 6) is 0. The Labute approximate surface area is 102 Å². The first-order valence-corrected chi connectivity index (χ1v) is 6.37. The van der Waals surface area contributed by atoms with Crippen LogP contribution in [0.25, 0.3) is 0 Å². The van der Waals surface area contributed by atoms with Gasteiger partial charge in [0, 0.05) is 35.8 Å². The van der Waals surface area contributed by atoms with Crippen molar-refractivity contribution in [3.63, 3.8) is 0 Å². The molecule has 1 spiro atoms. The molecule has 2 saturated heterocycles. The Kier molecular flexibility index (Phi) is 2.56. The summed E-state index contributed by atoms with van der Waals surface area (Å²) >= 11 is 6.04. The topological polar surface area (TPSA) is 15.3 Å². The Bertz CT molecular complexity index is 385. The van der Waals surface area contributed by atoms with E-state index in [0.29, 0.717) is 5.41 Å². The molecule has 2 heterocycles. The number of nitrogens with zero attached hydrogens (tertiary/aromatic N) is 1. The molecule has 3 rings (SSSR count). The SMILES string of the molecule is Clc1cccc(N2CC[C@]3(CCNC3)C2)c1. The molecule has 2 aliphatic heterocycles. The molecule has 0 amide bonds. The van der Waals surface area contributed by atoms with E-state index in [1.54, 1.807) is 0 Å². The van der Waals surface area contributed by atoms with E-state index >= 15 is 0 Å². The van der Waals surface area contributed by atoms with Gasteiger partial charge < -0.3 is 10.2 Å². The fourth-order valence-electron chi connectivity index (χ4n) is 2.97. The van der Waals surface area contributed by atoms with E-state index in [2.05, 4.69) is 22.3 Å². The lowest BCUT2D eigenvalue weighted by Gasteiger charge is -2.24. The van der Waals surface area contributed by atoms with Crippen molar-refractivity contribution < 1.29 is 0 Å². The third-order valence-electron chi connectivity index (χ3n) is 3.94. The van der Waals surface area contributed by atoms with Crippen molar-refractivity contribution in [3.05, 3.63) is 29.3 Å². The number of rotatable bonds is 1. The lowest BCUT2D eigenvalue weighted by atomic mass is 9.86. The van der Waals surface area contributed by atoms with Crippen molar-refractivity contribution in [1.29, 1.82) is 0 Å². The number of hydrogen-bond donors (Lipinski definition) is 1. The standard InChI is InChI=1S/C13H17ClN2/c14-11-2-1-3-12(8-11)16-7-5-13(10-16)4-6-15-9-13/h1-3,8,15H,4-7,9-10H2/t13-/m0/s1. The van der Waals surface area contributed by atoms with Gasteiger partial charge in [0.25, 0.3) is 0 Å². The second kappa shape index (κ2) is 3.94. The summed E-state index contributed by atoms with van der Waals surface area (Å²) in [7, 11) is 0. The molecule has 2 fully saturated rings. The zero-order valence-corrected chi connectivity index (χ0v) is 10.1. The maximum absolute atomic E-state index is 6.04. The number of hydrogen-bond acceptors (Lipinski definition) is 2. The molecule has 0 saturated carbocycles. The Hall–Kier alpha value is -0.730. The maximum atomic E-state index is 6.04. The van der Waals surface area contributed by atoms with Crippen LogP contribution in [0.15, 0.2) is 24.3 Å². The Morgan fingerprint density at radius 3 is 3.00 bits per heavy atom. The average Bonchev–Trinajstić information content (AvgIpc) is 2.90. The molecule has 0 aliphatic carbocycles. The molecular weight excluding hydrogens is 220 g/mol. The minimum atomic E-state index is 0.530. The van der Waals surface area contributed by atoms with Crippen LogP contribution in [-0.2, 0) is 0 Å². The van der Waals surface area contributed by atoms with Gasteiger partial charge in [-0.3, -0.25) is 0 Å². The fraction of sp³-hybridized carbons (Fsp3) is 0.538. The molecule has 1 atom stereocenters. The van der Waals surface area contributed by atoms with Crippen molar-refractivity contribution in [2.24, 2.45) is 5.41 Å². The summed E-state index contributed by atoms with van der Waals surface area (Å²) in [4.78, 5) is 2.47. The summed E-state index contributed by atoms with van der Waals surface area (Å²) in [6.07, 6.45) is 2.64. The van der Waals surface area contributed by atoms with Crippen LogP contribution >= 0.6 is 11.6 Å². The van der Waals surface area contributed by atoms with E-state index in [1.165, 1.54) is 44.7 Å². The van der Waals surface area contributed by atoms with Gasteiger partial charge in [0.05, 0.1) is 0 Å². The monoisotopic (exact) mass is 236 g/mol. The predicted octanol–water partition coefficient (Wildman–Crippen LogP) is 2.53. The number of benzene rings is 1. The van der Waals surface area contributed by atoms with E-state index in [9.17, 15) is 0 Å². The zero-order valence-electron chi connectivity index (χ0n) is 9.38. The number of nitrogens with one attached hydrogen (secondary N) is 1. The molecule has 0 unspecified atom stereocenters. The van der Waals surface area contributed by atoms with E-state index in [0.717, 1.165) is 5.02 Å². The van der Waals surface area contributed by atoms with Crippen LogP contribution in [0.2, 0.25) is 5.02 Å². The van der Waals surface area contributed by atoms with Gasteiger partial charge in [0.15, 0.2) is 0 Å². The minimum absolute atomic E-state index is 0.530. The number of halogens is 1. The first-order chi connectivity index (χ1) is 7.77. The highest BCUT2D eigenvalue weighted by molar-refractivity contribution is 6.30. The second-order valence-electron chi connectivity index (χ2n) is 5.08. The molecule has 16 heavy (non-hydrogen) atoms. The highest BCUT2D eigenvalue weighted by atomic mass is 35.5. The van der Waals surface area contributed by atoms with Gasteiger partial charge in [-0.2, -0.15) is 0 Å². The summed E-state index contributed by atoms with van der Waals surface area (Å²) in [5, 5.41) is 4.32. The average molecular weight is 237 g/mol. The summed E-state index contributed by atoms with van der Waals surface area (Å²) in [5.41, 5.74) is 1.80. The smallest absolute Gasteiger partial charge is 0.0426 e. The molecule has 1 aromatic rings. The third kappa shape index (κ3) is 1.80. The predicted molar refractivity (Wildman–Crippen MR) is 68.2 cm³/mol. The van der Waals surface area contributed by atoms with E-state index in [-0.39, 0.29) is 0 Å². The molecule has 2 nitrogen and oxygen atoms in total. The maximum Gasteiger partial charge on any atom is 0.0426 e. The lowest BCUT2D eigenvalue weighted by Crippen LogP contribution is -2.29. The second-order valence-corrected chi connectivity index (χ2v) is 5.51. The largest absolute Gasteiger partial charge is 0.371 e. The lowest BCUT2D eigenvalue weighted by molar-refractivity contribution is 0.369. The summed E-state index contributed by atoms with van der Waals surface area (Å²) in [6, 6.07) is 8.21. The number of anilines is 1. The Balaban J connectivity index is 1.78. The van der Waals surface area contributed by atoms with Gasteiger partial charge in [-0.25, -0.2) is 0 Å². The molecule has 1 aromatic carbocycles. The highest BCUT2D eigenvalue weighted by Crippen LogP contribution is 2.38. The van der Waals surface area contributed by atoms with Gasteiger partial charge in [0.1, 0.15) is 0 Å². The van der Waals surface area contributed by atoms with Gasteiger partial charge in [-0.15, -0.1) is 0 Å². The van der Waals surface area contributed by atoms with Crippen LogP contribution in [0.4, 0.5) is 5.69 Å². The van der Waals surface area contributed by atoms with Gasteiger partial charge in [-0.05, 0) is 37.6 Å². The molecule has 2 aliphatic rings. The molecular formula is C13H17ClN2. The van der Waals surface area contributed by atoms with Crippen molar-refractivity contribution in [1.82, 2.24) is 5.32 Å². The fourth-order valence-corrected chi connectivity index (χ4v) is 3.16. The van der Waals surface area contributed by atoms with E-state index in [1.807, 2.05) is 12.1 Å². The van der Waals surface area contributed by atoms with Crippen molar-refractivity contribution in [3.8, 4) is 0 Å². The van der Waals surface area contributed by atoms with Gasteiger partial charge in [0.2, 0.25) is 0 Å². The van der Waals surface area contributed by atoms with E-state index in [4.69, 9.17) is 11.6 Å². The van der Waals surface area contributed by atoms with Crippen molar-refractivity contribution in [2.75, 3.05) is 31.1 Å². The van der Waals surface area contributed by atoms with Crippen LogP contribution in [0, 0.1) is 5.41 Å². The molecule has 0 radical (unpaired) electrons. The third-order valence-corrected chi connectivity index (χ3v) is 4.18. The minimum Gasteiger partial charge on any atom is -0.371 e. The normalized spacial score (nSPS) is 29.2. The quantitative estimate of drug-likeness (QED) is 0.806. The summed E-state index contributed by atoms with van der Waals surface area (Å²) in [6.45, 7) is 4.72. The van der Waals surface area contributed by atoms with E-state index < -0.39 is 0 Å². The Morgan fingerprint density at radius 1 is 1.31 bits per heavy atom. The molecule has 0 aromatic heterocycles. The Morgan fingerprint density at radius 2 is 2.25 bits per heavy atom. The van der Waals surface area contributed by atoms with Crippen LogP contribution in [0.1, 0.15) is 12.8 Å². The first kappa shape index (κ1) is 10.4. The van der Waals surface area contributed by atoms with Crippen molar-refractivity contribution in [2.45, 2.75) is 12.8 Å². The first-order valence-electron chi connectivity index (χ1n) is 5.99. The molecule has 1 N–H and O–H groups in total. The zero-order chi connectivity index (χ0) is 11.0. The van der Waals surface area contributed by atoms with Crippen LogP contribution in [0.5, 0.6) is 0 Å². The van der Waals surface area contributed by atoms with Crippen LogP contribution in [0.3, 0.4) is 0 Å².